The van der Waals surface area contributed by atoms with Gasteiger partial charge >= 0.3 is 29.8 Å². The van der Waals surface area contributed by atoms with Gasteiger partial charge in [0.25, 0.3) is 0 Å². The van der Waals surface area contributed by atoms with E-state index < -0.39 is 94.6 Å². The maximum atomic E-state index is 14.5. The van der Waals surface area contributed by atoms with E-state index in [1.54, 1.807) is 32.0 Å². The molecule has 254 valence electrons. The highest BCUT2D eigenvalue weighted by Crippen LogP contribution is 2.51. The van der Waals surface area contributed by atoms with Gasteiger partial charge in [0.05, 0.1) is 11.5 Å². The molecule has 2 aliphatic carbocycles. The molecule has 47 heavy (non-hydrogen) atoms. The van der Waals surface area contributed by atoms with Crippen molar-refractivity contribution in [2.24, 2.45) is 23.2 Å². The lowest BCUT2D eigenvalue weighted by atomic mass is 9.72. The average molecular weight is 655 g/mol. The first-order valence-electron chi connectivity index (χ1n) is 15.3. The highest BCUT2D eigenvalue weighted by atomic mass is 16.6. The Hall–Kier alpha value is -4.61. The molecule has 1 saturated carbocycles. The Kier molecular flexibility index (Phi) is 11.3. The summed E-state index contributed by atoms with van der Waals surface area (Å²) in [4.78, 5) is 92.5. The standard InChI is InChI=1S/C35H42O12/c1-18-15-16-34(8,9)32(41)30(46-33(42)25-13-11-10-12-14-25)29(45-23(6)38)20(3)28(44-22(5)37)26-27(43-21(4)36)19(2)17-35(26,31(18)40)47-24(7)39/h10-16,18-19,26-30H,3,17H2,1-2,4-9H3/b16-15+/t18-,19+,26-,27+,28+,29+,30-,35-/m1/s1. The molecule has 0 radical (unpaired) electrons. The average Bonchev–Trinajstić information content (AvgIpc) is 3.24. The van der Waals surface area contributed by atoms with E-state index >= 15 is 0 Å². The van der Waals surface area contributed by atoms with E-state index in [0.29, 0.717) is 0 Å². The van der Waals surface area contributed by atoms with Crippen LogP contribution in [0.4, 0.5) is 0 Å². The van der Waals surface area contributed by atoms with Gasteiger partial charge in [0.2, 0.25) is 6.10 Å². The maximum Gasteiger partial charge on any atom is 0.338 e. The van der Waals surface area contributed by atoms with Crippen molar-refractivity contribution in [2.75, 3.05) is 0 Å². The predicted molar refractivity (Wildman–Crippen MR) is 165 cm³/mol. The van der Waals surface area contributed by atoms with Crippen LogP contribution in [0.15, 0.2) is 54.6 Å². The van der Waals surface area contributed by atoms with E-state index in [-0.39, 0.29) is 17.6 Å². The zero-order valence-corrected chi connectivity index (χ0v) is 27.9. The van der Waals surface area contributed by atoms with E-state index in [4.69, 9.17) is 23.7 Å². The topological polar surface area (TPSA) is 166 Å². The lowest BCUT2D eigenvalue weighted by molar-refractivity contribution is -0.186. The largest absolute Gasteiger partial charge is 0.462 e. The SMILES string of the molecule is C=C1[C@H](OC(C)=O)[C@H]2[C@@H](OC(C)=O)[C@@H](C)C[C@]2(OC(C)=O)C(=O)[C@H](C)/C=C/C(C)(C)C(=O)[C@H](OC(=O)c2ccccc2)[C@H]1OC(C)=O. The van der Waals surface area contributed by atoms with Crippen LogP contribution in [0.3, 0.4) is 0 Å². The molecule has 1 aromatic carbocycles. The van der Waals surface area contributed by atoms with Crippen LogP contribution in [0.5, 0.6) is 0 Å². The zero-order chi connectivity index (χ0) is 35.4. The normalized spacial score (nSPS) is 31.2. The summed E-state index contributed by atoms with van der Waals surface area (Å²) in [5, 5.41) is 0. The highest BCUT2D eigenvalue weighted by molar-refractivity contribution is 5.97. The van der Waals surface area contributed by atoms with Crippen molar-refractivity contribution in [3.8, 4) is 0 Å². The number of hydrogen-bond acceptors (Lipinski definition) is 12. The van der Waals surface area contributed by atoms with E-state index in [1.165, 1.54) is 38.1 Å². The number of fused-ring (bicyclic) bond motifs is 1. The number of hydrogen-bond donors (Lipinski definition) is 0. The third-order valence-corrected chi connectivity index (χ3v) is 8.39. The molecule has 0 aromatic heterocycles. The Balaban J connectivity index is 2.42. The smallest absolute Gasteiger partial charge is 0.338 e. The number of carbonyl (C=O) groups is 7. The Morgan fingerprint density at radius 3 is 1.83 bits per heavy atom. The molecule has 0 heterocycles. The molecule has 3 rings (SSSR count). The fraction of sp³-hybridized carbons (Fsp3) is 0.514. The highest BCUT2D eigenvalue weighted by Gasteiger charge is 2.65. The molecule has 8 atom stereocenters. The number of rotatable bonds is 6. The fourth-order valence-electron chi connectivity index (χ4n) is 6.38. The van der Waals surface area contributed by atoms with E-state index in [2.05, 4.69) is 6.58 Å². The molecule has 0 saturated heterocycles. The number of allylic oxidation sites excluding steroid dienone is 2. The van der Waals surface area contributed by atoms with Gasteiger partial charge in [-0.3, -0.25) is 28.8 Å². The van der Waals surface area contributed by atoms with Crippen molar-refractivity contribution in [1.29, 1.82) is 0 Å². The zero-order valence-electron chi connectivity index (χ0n) is 27.9. The molecule has 0 amide bonds. The van der Waals surface area contributed by atoms with Crippen LogP contribution >= 0.6 is 0 Å². The molecular weight excluding hydrogens is 612 g/mol. The third kappa shape index (κ3) is 8.04. The van der Waals surface area contributed by atoms with Crippen molar-refractivity contribution in [1.82, 2.24) is 0 Å². The summed E-state index contributed by atoms with van der Waals surface area (Å²) in [6.45, 7) is 14.7. The summed E-state index contributed by atoms with van der Waals surface area (Å²) < 4.78 is 28.8. The van der Waals surface area contributed by atoms with Gasteiger partial charge in [0.1, 0.15) is 12.2 Å². The van der Waals surface area contributed by atoms with Crippen LogP contribution in [0, 0.1) is 23.2 Å². The number of ketones is 2. The molecule has 1 aromatic rings. The van der Waals surface area contributed by atoms with Crippen molar-refractivity contribution < 1.29 is 57.2 Å². The Bertz CT molecular complexity index is 1470. The molecule has 0 bridgehead atoms. The molecule has 12 nitrogen and oxygen atoms in total. The summed E-state index contributed by atoms with van der Waals surface area (Å²) in [7, 11) is 0. The monoisotopic (exact) mass is 654 g/mol. The molecule has 0 aliphatic heterocycles. The molecule has 0 N–H and O–H groups in total. The number of ether oxygens (including phenoxy) is 5. The molecule has 2 aliphatic rings. The molecule has 1 fully saturated rings. The van der Waals surface area contributed by atoms with Crippen LogP contribution < -0.4 is 0 Å². The van der Waals surface area contributed by atoms with Crippen molar-refractivity contribution in [2.45, 2.75) is 91.8 Å². The Morgan fingerprint density at radius 1 is 0.745 bits per heavy atom. The molecule has 12 heteroatoms. The summed E-state index contributed by atoms with van der Waals surface area (Å²) >= 11 is 0. The molecule has 0 unspecified atom stereocenters. The van der Waals surface area contributed by atoms with Crippen molar-refractivity contribution >= 4 is 41.4 Å². The van der Waals surface area contributed by atoms with Gasteiger partial charge in [0.15, 0.2) is 23.3 Å². The van der Waals surface area contributed by atoms with Crippen LogP contribution in [-0.2, 0) is 52.5 Å². The maximum absolute atomic E-state index is 14.5. The lowest BCUT2D eigenvalue weighted by Crippen LogP contribution is -2.58. The van der Waals surface area contributed by atoms with Gasteiger partial charge in [-0.1, -0.05) is 50.8 Å². The summed E-state index contributed by atoms with van der Waals surface area (Å²) in [5.74, 6) is -8.64. The summed E-state index contributed by atoms with van der Waals surface area (Å²) in [6, 6.07) is 7.80. The van der Waals surface area contributed by atoms with Crippen LogP contribution in [0.25, 0.3) is 0 Å². The first-order valence-corrected chi connectivity index (χ1v) is 15.3. The van der Waals surface area contributed by atoms with Crippen LogP contribution in [0.1, 0.15) is 72.2 Å². The molecule has 0 spiro atoms. The quantitative estimate of drug-likeness (QED) is 0.247. The van der Waals surface area contributed by atoms with Crippen molar-refractivity contribution in [3.63, 3.8) is 0 Å². The van der Waals surface area contributed by atoms with Crippen molar-refractivity contribution in [3.05, 3.63) is 60.2 Å². The van der Waals surface area contributed by atoms with Gasteiger partial charge < -0.3 is 23.7 Å². The number of carbonyl (C=O) groups excluding carboxylic acids is 7. The van der Waals surface area contributed by atoms with Gasteiger partial charge in [-0.25, -0.2) is 4.79 Å². The fourth-order valence-corrected chi connectivity index (χ4v) is 6.38. The van der Waals surface area contributed by atoms with E-state index in [9.17, 15) is 33.6 Å². The summed E-state index contributed by atoms with van der Waals surface area (Å²) in [5.41, 5.74) is -3.65. The van der Waals surface area contributed by atoms with Gasteiger partial charge in [-0.15, -0.1) is 0 Å². The van der Waals surface area contributed by atoms with Gasteiger partial charge in [0, 0.05) is 51.0 Å². The lowest BCUT2D eigenvalue weighted by Gasteiger charge is -2.42. The van der Waals surface area contributed by atoms with E-state index in [0.717, 1.165) is 27.7 Å². The van der Waals surface area contributed by atoms with Gasteiger partial charge in [-0.2, -0.15) is 0 Å². The third-order valence-electron chi connectivity index (χ3n) is 8.39. The minimum absolute atomic E-state index is 0.0936. The predicted octanol–water partition coefficient (Wildman–Crippen LogP) is 3.89. The first kappa shape index (κ1) is 36.9. The Morgan fingerprint density at radius 2 is 1.30 bits per heavy atom. The Labute approximate surface area is 273 Å². The first-order chi connectivity index (χ1) is 21.8. The minimum Gasteiger partial charge on any atom is -0.462 e. The van der Waals surface area contributed by atoms with Crippen LogP contribution in [0.2, 0.25) is 0 Å². The number of esters is 5. The second-order valence-electron chi connectivity index (χ2n) is 12.7. The number of Topliss-reactive ketones (excluding diaryl/α,β-unsaturated/α-hetero) is 2. The van der Waals surface area contributed by atoms with Gasteiger partial charge in [-0.05, 0) is 31.9 Å². The van der Waals surface area contributed by atoms with E-state index in [1.807, 2.05) is 0 Å². The molecular formula is C35H42O12. The second-order valence-corrected chi connectivity index (χ2v) is 12.7. The number of benzene rings is 1. The summed E-state index contributed by atoms with van der Waals surface area (Å²) in [6.07, 6.45) is -3.69. The van der Waals surface area contributed by atoms with Crippen LogP contribution in [-0.4, -0.2) is 71.4 Å². The minimum atomic E-state index is -2.04. The second kappa shape index (κ2) is 14.4.